The maximum atomic E-state index is 11.1. The molecule has 6 heterocycles. The van der Waals surface area contributed by atoms with Crippen LogP contribution in [-0.4, -0.2) is 159 Å². The Kier molecular flexibility index (Phi) is 57.7. The first-order chi connectivity index (χ1) is 37.9. The number of nitrogens with one attached hydrogen (secondary N) is 1. The molecule has 2 N–H and O–H groups in total. The molecular formula is C52H82B2Br6F3IKLiN12NaO8. The van der Waals surface area contributed by atoms with Crippen LogP contribution < -0.4 is 99.8 Å². The standard InChI is InChI=1S/C8H9BrN2O2.3C8H11BrN2O.C7H9BrN2O.C5H7O2.C3H3BrN2.CH3I.4CH4.BF3.B.K.Li.Na.2H/c1-13-8(12)6-2-7(6)11-4-5(9)3-10-11;3*1-12-5-6-2-8(6)11-4-7(9)3-10-11;8-6-2-9-10(3-6)7-1-5(7)4-11;1-7-5(6)4-2-3-4;4-3-1-5-6-2-3;1-2;;;;;2-1(3)4;;;;;;/h3-4,6-7H,2H2,1H3;3*3-4,6,8H,2,5H2,1H3;2-3,5,7,11H,1,4H2;2,4H,3H2,1H3;1-2H,(H,5,6);1H3;4*1H4;;;;;;;/q;;;;;-1;;;;;;;;;3*+1;2*-1/t6-,7-;3*6-,8+;5-,7+;4-;;;;;;;;;;;;;/m110001............./s1. The molecular weight excluding hydrogens is 1670 g/mol. The summed E-state index contributed by atoms with van der Waals surface area (Å²) in [5.74, 6) is 2.32. The number of aliphatic hydroxyl groups excluding tert-OH is 1. The molecule has 35 heteroatoms. The number of carbonyl (C=O) groups is 2. The van der Waals surface area contributed by atoms with E-state index in [1.54, 1.807) is 50.8 Å². The van der Waals surface area contributed by atoms with E-state index in [9.17, 15) is 22.5 Å². The Morgan fingerprint density at radius 3 is 1.06 bits per heavy atom. The summed E-state index contributed by atoms with van der Waals surface area (Å²) in [6.07, 6.45) is 30.6. The normalized spacial score (nSPS) is 22.0. The molecule has 6 aliphatic carbocycles. The first kappa shape index (κ1) is 96.5. The molecule has 6 aromatic heterocycles. The number of aliphatic hydroxyl groups is 1. The summed E-state index contributed by atoms with van der Waals surface area (Å²) < 4.78 is 69.1. The van der Waals surface area contributed by atoms with Gasteiger partial charge in [-0.3, -0.25) is 51.0 Å². The number of methoxy groups -OCH3 is 5. The van der Waals surface area contributed by atoms with Crippen molar-refractivity contribution in [3.05, 3.63) is 108 Å². The molecule has 0 aliphatic heterocycles. The van der Waals surface area contributed by atoms with Gasteiger partial charge in [-0.05, 0) is 133 Å². The largest absolute Gasteiger partial charge is 1.00 e. The summed E-state index contributed by atoms with van der Waals surface area (Å²) in [6.45, 7) is 2.83. The number of carbonyl (C=O) groups excluding carboxylic acids is 2. The van der Waals surface area contributed by atoms with Gasteiger partial charge in [0.1, 0.15) is 0 Å². The zero-order chi connectivity index (χ0) is 58.2. The van der Waals surface area contributed by atoms with E-state index in [1.165, 1.54) is 33.5 Å². The van der Waals surface area contributed by atoms with E-state index >= 15 is 0 Å². The number of nitrogens with zero attached hydrogens (tertiary/aromatic N) is 11. The Morgan fingerprint density at radius 1 is 0.586 bits per heavy atom. The van der Waals surface area contributed by atoms with Crippen LogP contribution in [0.4, 0.5) is 12.9 Å². The third-order valence-electron chi connectivity index (χ3n) is 12.2. The smallest absolute Gasteiger partial charge is 1.00 e. The second-order valence-electron chi connectivity index (χ2n) is 18.2. The second kappa shape index (κ2) is 52.1. The number of esters is 2. The second-order valence-corrected chi connectivity index (χ2v) is 23.7. The zero-order valence-electron chi connectivity index (χ0n) is 49.6. The number of hydrogen-bond acceptors (Lipinski definition) is 14. The average Bonchev–Trinajstić information content (AvgIpc) is 1.94. The monoisotopic (exact) mass is 1750 g/mol. The number of H-pyrrole nitrogens is 1. The van der Waals surface area contributed by atoms with E-state index in [4.69, 9.17) is 19.3 Å². The van der Waals surface area contributed by atoms with Crippen LogP contribution in [0.1, 0.15) is 101 Å². The van der Waals surface area contributed by atoms with Gasteiger partial charge in [0.05, 0.1) is 134 Å². The van der Waals surface area contributed by atoms with Gasteiger partial charge < -0.3 is 38.1 Å². The van der Waals surface area contributed by atoms with Crippen LogP contribution in [0.3, 0.4) is 0 Å². The molecule has 0 bridgehead atoms. The average molecular weight is 1760 g/mol. The molecule has 12 rings (SSSR count). The minimum atomic E-state index is -3.67. The molecule has 6 aliphatic rings. The van der Waals surface area contributed by atoms with Crippen molar-refractivity contribution in [2.24, 2.45) is 35.5 Å². The van der Waals surface area contributed by atoms with E-state index in [-0.39, 0.29) is 177 Å². The fourth-order valence-corrected chi connectivity index (χ4v) is 9.32. The summed E-state index contributed by atoms with van der Waals surface area (Å²) in [4.78, 5) is 23.4. The Labute approximate surface area is 658 Å². The molecule has 11 atom stereocenters. The van der Waals surface area contributed by atoms with Crippen molar-refractivity contribution in [1.82, 2.24) is 59.1 Å². The van der Waals surface area contributed by atoms with Crippen LogP contribution in [0.5, 0.6) is 0 Å². The van der Waals surface area contributed by atoms with Gasteiger partial charge in [-0.2, -0.15) is 37.0 Å². The van der Waals surface area contributed by atoms with Crippen molar-refractivity contribution < 1.29 is 154 Å². The Bertz CT molecular complexity index is 2560. The molecule has 0 spiro atoms. The van der Waals surface area contributed by atoms with Crippen molar-refractivity contribution in [2.45, 2.75) is 98.4 Å². The third kappa shape index (κ3) is 37.6. The van der Waals surface area contributed by atoms with Crippen LogP contribution in [0, 0.1) is 41.9 Å². The van der Waals surface area contributed by atoms with Gasteiger partial charge in [-0.25, -0.2) is 0 Å². The van der Waals surface area contributed by atoms with Gasteiger partial charge in [0.2, 0.25) is 0 Å². The van der Waals surface area contributed by atoms with Crippen LogP contribution >= 0.6 is 118 Å². The molecule has 0 unspecified atom stereocenters. The molecule has 3 radical (unpaired) electrons. The molecule has 6 fully saturated rings. The van der Waals surface area contributed by atoms with E-state index in [1.807, 2.05) is 79.7 Å². The number of ether oxygens (including phenoxy) is 5. The summed E-state index contributed by atoms with van der Waals surface area (Å²) in [7, 11) is 4.39. The number of aromatic amines is 1. The zero-order valence-corrected chi connectivity index (χ0v) is 64.4. The van der Waals surface area contributed by atoms with Crippen molar-refractivity contribution in [1.29, 1.82) is 0 Å². The van der Waals surface area contributed by atoms with E-state index in [2.05, 4.69) is 163 Å². The number of aromatic nitrogens is 12. The summed E-state index contributed by atoms with van der Waals surface area (Å²) in [5, 5.41) is 36.0. The third-order valence-corrected chi connectivity index (χ3v) is 14.6. The van der Waals surface area contributed by atoms with Crippen molar-refractivity contribution in [2.75, 3.05) is 66.9 Å². The molecule has 6 aromatic rings. The van der Waals surface area contributed by atoms with E-state index in [0.717, 1.165) is 65.9 Å². The van der Waals surface area contributed by atoms with Crippen LogP contribution in [0.2, 0.25) is 0 Å². The Hall–Kier alpha value is 0.804. The molecule has 477 valence electrons. The number of alkyl halides is 1. The van der Waals surface area contributed by atoms with Gasteiger partial charge in [0, 0.05) is 97.2 Å². The van der Waals surface area contributed by atoms with Gasteiger partial charge in [-0.15, -0.1) is 0 Å². The predicted molar refractivity (Wildman–Crippen MR) is 355 cm³/mol. The minimum absolute atomic E-state index is 0. The first-order valence-corrected chi connectivity index (χ1v) is 31.3. The van der Waals surface area contributed by atoms with Crippen LogP contribution in [0.15, 0.2) is 101 Å². The number of halogens is 10. The van der Waals surface area contributed by atoms with Crippen molar-refractivity contribution >= 4 is 146 Å². The number of rotatable bonds is 14. The van der Waals surface area contributed by atoms with Gasteiger partial charge in [0.25, 0.3) is 5.97 Å². The molecule has 20 nitrogen and oxygen atoms in total. The minimum Gasteiger partial charge on any atom is -1.00 e. The van der Waals surface area contributed by atoms with E-state index < -0.39 is 7.54 Å². The molecule has 0 saturated heterocycles. The fourth-order valence-electron chi connectivity index (χ4n) is 7.60. The summed E-state index contributed by atoms with van der Waals surface area (Å²) >= 11 is 22.1. The topological polar surface area (TPSA) is 218 Å². The summed E-state index contributed by atoms with van der Waals surface area (Å²) in [6, 6.07) is 2.33. The fraction of sp³-hybridized carbons (Fsp3) is 0.596. The SMILES string of the molecule is Brc1cn[nH]c1.C.C.C.C.CI.COC(=O)[C@@H]1C[C@H]1n1cc(Br)cn1.COC(=O)[C@@H]1[CH-]C1.COC[C@@H]1C[C@H]1n1cc(Br)cn1.COC[C@@H]1C[C@H]1n1cc(Br)cn1.COC[C@H]1C[C@@H]1n1cc(Br)cn1.FB(F)F.OC[C@@H]1C[C@H]1n1cc(Br)cn1.[B].[H-].[H-].[K+].[Li+].[Na+]. The van der Waals surface area contributed by atoms with Gasteiger partial charge in [0.15, 0.2) is 0 Å². The quantitative estimate of drug-likeness (QED) is 0.0481. The molecule has 0 aromatic carbocycles. The van der Waals surface area contributed by atoms with E-state index in [0.29, 0.717) is 47.8 Å². The maximum absolute atomic E-state index is 11.1. The first-order valence-electron chi connectivity index (χ1n) is 24.4. The maximum Gasteiger partial charge on any atom is 1.00 e. The molecule has 87 heavy (non-hydrogen) atoms. The summed E-state index contributed by atoms with van der Waals surface area (Å²) in [5.41, 5.74) is 0. The van der Waals surface area contributed by atoms with Crippen molar-refractivity contribution in [3.63, 3.8) is 0 Å². The van der Waals surface area contributed by atoms with Crippen LogP contribution in [0.25, 0.3) is 0 Å². The van der Waals surface area contributed by atoms with Gasteiger partial charge >= 0.3 is 113 Å². The molecule has 0 amide bonds. The predicted octanol–water partition coefficient (Wildman–Crippen LogP) is 5.02. The van der Waals surface area contributed by atoms with Gasteiger partial charge in [-0.1, -0.05) is 58.2 Å². The number of hydrogen-bond donors (Lipinski definition) is 2. The van der Waals surface area contributed by atoms with Crippen molar-refractivity contribution in [3.8, 4) is 0 Å². The Morgan fingerprint density at radius 2 is 0.874 bits per heavy atom. The molecule has 6 saturated carbocycles. The Balaban J connectivity index is -0.000000172. The van der Waals surface area contributed by atoms with Crippen LogP contribution in [-0.2, 0) is 33.3 Å².